The Morgan fingerprint density at radius 3 is 2.00 bits per heavy atom. The Hall–Kier alpha value is 0.0569. The zero-order valence-electron chi connectivity index (χ0n) is 8.62. The van der Waals surface area contributed by atoms with Gasteiger partial charge in [-0.1, -0.05) is 13.3 Å². The van der Waals surface area contributed by atoms with Gasteiger partial charge >= 0.3 is 0 Å². The molecule has 0 fully saturated rings. The van der Waals surface area contributed by atoms with Crippen molar-refractivity contribution in [3.8, 4) is 0 Å². The highest BCUT2D eigenvalue weighted by Crippen LogP contribution is 2.23. The molecular formula is C8H17O4Si. The lowest BCUT2D eigenvalue weighted by Gasteiger charge is -2.35. The maximum atomic E-state index is 5.22. The van der Waals surface area contributed by atoms with E-state index in [-0.39, 0.29) is 6.10 Å². The van der Waals surface area contributed by atoms with Crippen LogP contribution in [-0.4, -0.2) is 43.9 Å². The van der Waals surface area contributed by atoms with E-state index in [1.54, 1.807) is 7.11 Å². The van der Waals surface area contributed by atoms with Gasteiger partial charge < -0.3 is 18.6 Å². The van der Waals surface area contributed by atoms with Crippen LogP contribution in [0.15, 0.2) is 0 Å². The molecule has 1 unspecified atom stereocenters. The number of hydrogen-bond donors (Lipinski definition) is 0. The van der Waals surface area contributed by atoms with E-state index in [9.17, 15) is 0 Å². The average Bonchev–Trinajstić information content (AvgIpc) is 2.19. The van der Waals surface area contributed by atoms with E-state index >= 15 is 0 Å². The molecule has 5 heteroatoms. The topological polar surface area (TPSA) is 36.9 Å². The highest BCUT2D eigenvalue weighted by molar-refractivity contribution is 5.98. The van der Waals surface area contributed by atoms with Crippen LogP contribution >= 0.6 is 0 Å². The number of hydrogen-bond acceptors (Lipinski definition) is 4. The molecule has 13 heavy (non-hydrogen) atoms. The summed E-state index contributed by atoms with van der Waals surface area (Å²) in [6, 6.07) is 0. The Morgan fingerprint density at radius 1 is 1.23 bits per heavy atom. The molecular weight excluding hydrogens is 188 g/mol. The quantitative estimate of drug-likeness (QED) is 0.456. The van der Waals surface area contributed by atoms with E-state index in [0.717, 1.165) is 12.8 Å². The number of ether oxygens (including phenoxy) is 3. The molecule has 0 spiro atoms. The van der Waals surface area contributed by atoms with Crippen molar-refractivity contribution in [1.29, 1.82) is 0 Å². The fourth-order valence-corrected chi connectivity index (χ4v) is 1.49. The van der Waals surface area contributed by atoms with Gasteiger partial charge in [0.15, 0.2) is 0 Å². The fourth-order valence-electron chi connectivity index (χ4n) is 1.20. The molecule has 0 saturated carbocycles. The largest absolute Gasteiger partial charge is 0.373 e. The molecule has 0 aliphatic carbocycles. The zero-order valence-corrected chi connectivity index (χ0v) is 9.62. The van der Waals surface area contributed by atoms with Crippen LogP contribution in [0.2, 0.25) is 0 Å². The monoisotopic (exact) mass is 205 g/mol. The molecule has 0 rings (SSSR count). The normalized spacial score (nSPS) is 14.5. The van der Waals surface area contributed by atoms with Crippen molar-refractivity contribution in [1.82, 2.24) is 0 Å². The van der Waals surface area contributed by atoms with Crippen LogP contribution < -0.4 is 0 Å². The molecule has 1 atom stereocenters. The Balaban J connectivity index is 4.45. The summed E-state index contributed by atoms with van der Waals surface area (Å²) in [5.41, 5.74) is 0. The fraction of sp³-hybridized carbons (Fsp3) is 1.00. The lowest BCUT2D eigenvalue weighted by Crippen LogP contribution is -2.49. The minimum absolute atomic E-state index is 0.259. The van der Waals surface area contributed by atoms with Crippen molar-refractivity contribution in [2.75, 3.05) is 21.3 Å². The van der Waals surface area contributed by atoms with Gasteiger partial charge in [-0.2, -0.15) is 0 Å². The van der Waals surface area contributed by atoms with Crippen molar-refractivity contribution >= 4 is 10.5 Å². The molecule has 0 aromatic rings. The van der Waals surface area contributed by atoms with Crippen molar-refractivity contribution < 1.29 is 18.6 Å². The smallest absolute Gasteiger partial charge is 0.300 e. The predicted molar refractivity (Wildman–Crippen MR) is 49.3 cm³/mol. The molecule has 77 valence electrons. The van der Waals surface area contributed by atoms with E-state index in [1.807, 2.05) is 0 Å². The molecule has 0 aliphatic rings. The van der Waals surface area contributed by atoms with Crippen LogP contribution in [0.5, 0.6) is 0 Å². The van der Waals surface area contributed by atoms with Crippen LogP contribution in [0.1, 0.15) is 19.8 Å². The Morgan fingerprint density at radius 2 is 1.77 bits per heavy atom. The molecule has 0 amide bonds. The second kappa shape index (κ2) is 6.50. The second-order valence-corrected chi connectivity index (χ2v) is 2.83. The molecule has 0 aromatic carbocycles. The molecule has 0 bridgehead atoms. The number of rotatable bonds is 7. The van der Waals surface area contributed by atoms with Gasteiger partial charge in [-0.15, -0.1) is 0 Å². The maximum absolute atomic E-state index is 5.22. The highest BCUT2D eigenvalue weighted by Gasteiger charge is 2.39. The summed E-state index contributed by atoms with van der Waals surface area (Å²) in [5.74, 6) is -1.17. The van der Waals surface area contributed by atoms with Crippen LogP contribution in [0.3, 0.4) is 0 Å². The van der Waals surface area contributed by atoms with E-state index in [2.05, 4.69) is 17.4 Å². The SMILES string of the molecule is CCCC(OC)C(OC)(OC)O[Si]. The van der Waals surface area contributed by atoms with E-state index < -0.39 is 5.97 Å². The summed E-state index contributed by atoms with van der Waals surface area (Å²) in [6.45, 7) is 2.05. The van der Waals surface area contributed by atoms with E-state index in [1.165, 1.54) is 14.2 Å². The average molecular weight is 205 g/mol. The van der Waals surface area contributed by atoms with Crippen molar-refractivity contribution in [2.24, 2.45) is 0 Å². The summed E-state index contributed by atoms with van der Waals surface area (Å²) >= 11 is 0. The van der Waals surface area contributed by atoms with Gasteiger partial charge in [-0.25, -0.2) is 0 Å². The van der Waals surface area contributed by atoms with Crippen LogP contribution in [0, 0.1) is 0 Å². The molecule has 0 heterocycles. The Labute approximate surface area is 83.0 Å². The summed E-state index contributed by atoms with van der Waals surface area (Å²) in [5, 5.41) is 0. The number of methoxy groups -OCH3 is 3. The lowest BCUT2D eigenvalue weighted by atomic mass is 10.2. The molecule has 0 N–H and O–H groups in total. The third-order valence-corrected chi connectivity index (χ3v) is 2.23. The summed E-state index contributed by atoms with van der Waals surface area (Å²) < 4.78 is 20.4. The van der Waals surface area contributed by atoms with Gasteiger partial charge in [0.25, 0.3) is 16.5 Å². The molecule has 3 radical (unpaired) electrons. The highest BCUT2D eigenvalue weighted by atomic mass is 28.2. The van der Waals surface area contributed by atoms with Crippen LogP contribution in [0.25, 0.3) is 0 Å². The summed E-state index contributed by atoms with van der Waals surface area (Å²) in [4.78, 5) is 0. The van der Waals surface area contributed by atoms with Crippen molar-refractivity contribution in [3.05, 3.63) is 0 Å². The van der Waals surface area contributed by atoms with Gasteiger partial charge in [0.2, 0.25) is 0 Å². The minimum atomic E-state index is -1.17. The Kier molecular flexibility index (Phi) is 6.53. The molecule has 0 aromatic heterocycles. The second-order valence-electron chi connectivity index (χ2n) is 2.63. The van der Waals surface area contributed by atoms with Gasteiger partial charge in [0.1, 0.15) is 6.10 Å². The molecule has 0 aliphatic heterocycles. The summed E-state index contributed by atoms with van der Waals surface area (Å²) in [6.07, 6.45) is 1.50. The predicted octanol–water partition coefficient (Wildman–Crippen LogP) is 0.848. The van der Waals surface area contributed by atoms with Gasteiger partial charge in [0, 0.05) is 21.3 Å². The van der Waals surface area contributed by atoms with E-state index in [4.69, 9.17) is 18.6 Å². The standard InChI is InChI=1S/C8H17O4Si/c1-5-6-7(9-2)8(10-3,11-4)12-13/h7H,5-6H2,1-4H3. The van der Waals surface area contributed by atoms with Crippen molar-refractivity contribution in [3.63, 3.8) is 0 Å². The summed E-state index contributed by atoms with van der Waals surface area (Å²) in [7, 11) is 7.53. The first-order valence-electron chi connectivity index (χ1n) is 4.18. The molecule has 4 nitrogen and oxygen atoms in total. The molecule has 0 saturated heterocycles. The van der Waals surface area contributed by atoms with E-state index in [0.29, 0.717) is 0 Å². The van der Waals surface area contributed by atoms with Crippen molar-refractivity contribution in [2.45, 2.75) is 31.8 Å². The van der Waals surface area contributed by atoms with Gasteiger partial charge in [-0.05, 0) is 6.42 Å². The Bertz CT molecular complexity index is 119. The third-order valence-electron chi connectivity index (χ3n) is 1.94. The van der Waals surface area contributed by atoms with Gasteiger partial charge in [0.05, 0.1) is 0 Å². The maximum Gasteiger partial charge on any atom is 0.300 e. The first-order valence-corrected chi connectivity index (χ1v) is 4.59. The third kappa shape index (κ3) is 3.03. The minimum Gasteiger partial charge on any atom is -0.373 e. The first kappa shape index (κ1) is 13.1. The van der Waals surface area contributed by atoms with Crippen LogP contribution in [0.4, 0.5) is 0 Å². The van der Waals surface area contributed by atoms with Crippen LogP contribution in [-0.2, 0) is 18.6 Å². The lowest BCUT2D eigenvalue weighted by molar-refractivity contribution is -0.365. The van der Waals surface area contributed by atoms with Gasteiger partial charge in [-0.3, -0.25) is 0 Å². The zero-order chi connectivity index (χ0) is 10.3. The first-order chi connectivity index (χ1) is 6.20.